The van der Waals surface area contributed by atoms with Crippen molar-refractivity contribution in [2.45, 2.75) is 0 Å². The van der Waals surface area contributed by atoms with Gasteiger partial charge in [0.15, 0.2) is 0 Å². The molecule has 0 aliphatic carbocycles. The van der Waals surface area contributed by atoms with Gasteiger partial charge in [-0.3, -0.25) is 4.55 Å². The smallest absolute Gasteiger partial charge is 0.277 e. The largest absolute Gasteiger partial charge is 0.323 e. The van der Waals surface area contributed by atoms with Crippen LogP contribution in [0.5, 0.6) is 0 Å². The van der Waals surface area contributed by atoms with Gasteiger partial charge < -0.3 is 0 Å². The minimum Gasteiger partial charge on any atom is -0.277 e. The lowest BCUT2D eigenvalue weighted by Gasteiger charge is -1.81. The van der Waals surface area contributed by atoms with Crippen LogP contribution >= 0.6 is 10.8 Å². The summed E-state index contributed by atoms with van der Waals surface area (Å²) in [6.07, 6.45) is 0. The standard InChI is InChI=1S/C2H4O3S2/c1-2-6-7(3,4)5/h2H,1H2,(H,3,4,5). The summed E-state index contributed by atoms with van der Waals surface area (Å²) in [6.45, 7) is 3.07. The van der Waals surface area contributed by atoms with E-state index in [1.165, 1.54) is 0 Å². The highest BCUT2D eigenvalue weighted by Crippen LogP contribution is 2.07. The van der Waals surface area contributed by atoms with Gasteiger partial charge in [-0.1, -0.05) is 6.58 Å². The summed E-state index contributed by atoms with van der Waals surface area (Å²) in [4.78, 5) is 0. The third kappa shape index (κ3) is 6.00. The third-order valence-electron chi connectivity index (χ3n) is 0.190. The predicted octanol–water partition coefficient (Wildman–Crippen LogP) is 0.666. The first kappa shape index (κ1) is 7.00. The van der Waals surface area contributed by atoms with Crippen LogP contribution < -0.4 is 0 Å². The van der Waals surface area contributed by atoms with Gasteiger partial charge >= 0.3 is 9.15 Å². The van der Waals surface area contributed by atoms with Gasteiger partial charge in [0.25, 0.3) is 0 Å². The van der Waals surface area contributed by atoms with Gasteiger partial charge in [0.1, 0.15) is 0 Å². The van der Waals surface area contributed by atoms with Crippen molar-refractivity contribution in [2.75, 3.05) is 0 Å². The van der Waals surface area contributed by atoms with E-state index >= 15 is 0 Å². The van der Waals surface area contributed by atoms with Crippen LogP contribution in [-0.2, 0) is 9.15 Å². The fourth-order valence-electron chi connectivity index (χ4n) is 0.0860. The second kappa shape index (κ2) is 2.34. The minimum absolute atomic E-state index is 0.280. The monoisotopic (exact) mass is 140 g/mol. The van der Waals surface area contributed by atoms with Crippen LogP contribution in [-0.4, -0.2) is 13.0 Å². The van der Waals surface area contributed by atoms with Crippen LogP contribution in [0.1, 0.15) is 0 Å². The zero-order valence-electron chi connectivity index (χ0n) is 3.36. The number of hydrogen-bond acceptors (Lipinski definition) is 3. The van der Waals surface area contributed by atoms with E-state index in [-0.39, 0.29) is 10.8 Å². The summed E-state index contributed by atoms with van der Waals surface area (Å²) in [6, 6.07) is 0. The summed E-state index contributed by atoms with van der Waals surface area (Å²) in [5.41, 5.74) is 0. The first-order valence-corrected chi connectivity index (χ1v) is 4.16. The maximum atomic E-state index is 9.68. The molecule has 7 heavy (non-hydrogen) atoms. The van der Waals surface area contributed by atoms with Crippen LogP contribution in [0.15, 0.2) is 12.0 Å². The molecule has 0 spiro atoms. The van der Waals surface area contributed by atoms with Crippen molar-refractivity contribution < 1.29 is 13.0 Å². The fourth-order valence-corrected chi connectivity index (χ4v) is 0.774. The van der Waals surface area contributed by atoms with E-state index in [1.54, 1.807) is 0 Å². The zero-order chi connectivity index (χ0) is 5.91. The Morgan fingerprint density at radius 2 is 2.14 bits per heavy atom. The molecule has 5 heteroatoms. The van der Waals surface area contributed by atoms with Gasteiger partial charge in [0.2, 0.25) is 0 Å². The van der Waals surface area contributed by atoms with Crippen molar-refractivity contribution in [3.05, 3.63) is 12.0 Å². The van der Waals surface area contributed by atoms with Gasteiger partial charge in [-0.25, -0.2) is 0 Å². The van der Waals surface area contributed by atoms with Crippen molar-refractivity contribution in [1.29, 1.82) is 0 Å². The van der Waals surface area contributed by atoms with Crippen molar-refractivity contribution in [3.63, 3.8) is 0 Å². The molecule has 0 aromatic heterocycles. The maximum Gasteiger partial charge on any atom is 0.323 e. The Morgan fingerprint density at radius 1 is 1.71 bits per heavy atom. The van der Waals surface area contributed by atoms with Gasteiger partial charge in [0, 0.05) is 10.8 Å². The Morgan fingerprint density at radius 3 is 2.14 bits per heavy atom. The summed E-state index contributed by atoms with van der Waals surface area (Å²) < 4.78 is 27.2. The van der Waals surface area contributed by atoms with E-state index in [0.29, 0.717) is 0 Å². The van der Waals surface area contributed by atoms with Gasteiger partial charge in [-0.05, 0) is 5.41 Å². The molecule has 0 radical (unpaired) electrons. The highest BCUT2D eigenvalue weighted by molar-refractivity contribution is 8.71. The van der Waals surface area contributed by atoms with E-state index in [0.717, 1.165) is 5.41 Å². The van der Waals surface area contributed by atoms with Gasteiger partial charge in [-0.15, -0.1) is 0 Å². The Hall–Kier alpha value is -0.0000000000000000763. The highest BCUT2D eigenvalue weighted by atomic mass is 33.1. The summed E-state index contributed by atoms with van der Waals surface area (Å²) in [7, 11) is -3.60. The maximum absolute atomic E-state index is 9.68. The van der Waals surface area contributed by atoms with E-state index < -0.39 is 9.15 Å². The van der Waals surface area contributed by atoms with Crippen LogP contribution in [0.2, 0.25) is 0 Å². The quantitative estimate of drug-likeness (QED) is 0.452. The molecule has 0 unspecified atom stereocenters. The average molecular weight is 140 g/mol. The molecule has 0 saturated heterocycles. The van der Waals surface area contributed by atoms with Crippen molar-refractivity contribution in [1.82, 2.24) is 0 Å². The van der Waals surface area contributed by atoms with Crippen molar-refractivity contribution >= 4 is 19.9 Å². The van der Waals surface area contributed by atoms with Crippen molar-refractivity contribution in [2.24, 2.45) is 0 Å². The fraction of sp³-hybridized carbons (Fsp3) is 0. The molecule has 0 amide bonds. The second-order valence-corrected chi connectivity index (χ2v) is 3.91. The molecular weight excluding hydrogens is 136 g/mol. The minimum atomic E-state index is -3.88. The SMILES string of the molecule is C=CSS(=O)(=O)O. The molecule has 0 aromatic rings. The lowest BCUT2D eigenvalue weighted by Crippen LogP contribution is -1.84. The first-order chi connectivity index (χ1) is 3.06. The van der Waals surface area contributed by atoms with E-state index in [1.807, 2.05) is 0 Å². The van der Waals surface area contributed by atoms with E-state index in [9.17, 15) is 8.42 Å². The normalized spacial score (nSPS) is 11.0. The molecule has 0 atom stereocenters. The lowest BCUT2D eigenvalue weighted by atomic mass is 11.3. The van der Waals surface area contributed by atoms with Crippen LogP contribution in [0.3, 0.4) is 0 Å². The van der Waals surface area contributed by atoms with Crippen LogP contribution in [0.25, 0.3) is 0 Å². The summed E-state index contributed by atoms with van der Waals surface area (Å²) in [5, 5.41) is 1.04. The van der Waals surface area contributed by atoms with Crippen LogP contribution in [0.4, 0.5) is 0 Å². The Bertz CT molecular complexity index is 144. The van der Waals surface area contributed by atoms with Crippen LogP contribution in [0, 0.1) is 0 Å². The molecule has 0 rings (SSSR count). The average Bonchev–Trinajstić information content (AvgIpc) is 1.30. The lowest BCUT2D eigenvalue weighted by molar-refractivity contribution is 0.503. The van der Waals surface area contributed by atoms with E-state index in [4.69, 9.17) is 4.55 Å². The molecule has 1 N–H and O–H groups in total. The molecule has 0 heterocycles. The molecule has 0 saturated carbocycles. The Balaban J connectivity index is 3.84. The van der Waals surface area contributed by atoms with Gasteiger partial charge in [-0.2, -0.15) is 8.42 Å². The molecule has 0 aliphatic heterocycles. The summed E-state index contributed by atoms with van der Waals surface area (Å²) >= 11 is 0. The highest BCUT2D eigenvalue weighted by Gasteiger charge is 1.97. The molecule has 0 fully saturated rings. The number of rotatable bonds is 2. The van der Waals surface area contributed by atoms with Crippen molar-refractivity contribution in [3.8, 4) is 0 Å². The Labute approximate surface area is 45.6 Å². The third-order valence-corrected chi connectivity index (χ3v) is 1.71. The Kier molecular flexibility index (Phi) is 2.34. The molecule has 3 nitrogen and oxygen atoms in total. The predicted molar refractivity (Wildman–Crippen MR) is 29.3 cm³/mol. The topological polar surface area (TPSA) is 54.4 Å². The molecule has 42 valence electrons. The van der Waals surface area contributed by atoms with E-state index in [2.05, 4.69) is 6.58 Å². The first-order valence-electron chi connectivity index (χ1n) is 1.33. The molecule has 0 aliphatic rings. The molecule has 0 aromatic carbocycles. The molecule has 0 bridgehead atoms. The zero-order valence-corrected chi connectivity index (χ0v) is 5.00. The molecular formula is C2H4O3S2. The number of hydrogen-bond donors (Lipinski definition) is 1. The second-order valence-electron chi connectivity index (χ2n) is 0.691. The summed E-state index contributed by atoms with van der Waals surface area (Å²) in [5.74, 6) is 0. The van der Waals surface area contributed by atoms with Gasteiger partial charge in [0.05, 0.1) is 0 Å².